The molecule has 0 heterocycles. The van der Waals surface area contributed by atoms with Gasteiger partial charge in [-0.2, -0.15) is 0 Å². The number of amides is 1. The van der Waals surface area contributed by atoms with E-state index >= 15 is 0 Å². The number of nitrogens with one attached hydrogen (secondary N) is 1. The van der Waals surface area contributed by atoms with Crippen molar-refractivity contribution in [3.63, 3.8) is 0 Å². The van der Waals surface area contributed by atoms with Crippen LogP contribution in [0.5, 0.6) is 5.75 Å². The molecule has 84 valence electrons. The highest BCUT2D eigenvalue weighted by Crippen LogP contribution is 2.15. The number of rotatable bonds is 3. The first-order valence-corrected chi connectivity index (χ1v) is 4.50. The molecule has 0 saturated carbocycles. The predicted octanol–water partition coefficient (Wildman–Crippen LogP) is 1.36. The van der Waals surface area contributed by atoms with Crippen LogP contribution < -0.4 is 5.32 Å². The fourth-order valence-electron chi connectivity index (χ4n) is 1.02. The average molecular weight is 221 g/mol. The lowest BCUT2D eigenvalue weighted by atomic mass is 10.2. The van der Waals surface area contributed by atoms with Gasteiger partial charge in [0.05, 0.1) is 0 Å². The minimum Gasteiger partial charge on any atom is -0.508 e. The van der Waals surface area contributed by atoms with Crippen LogP contribution in [0.4, 0.5) is 5.69 Å². The Labute approximate surface area is 92.0 Å². The van der Waals surface area contributed by atoms with E-state index in [0.29, 0.717) is 5.69 Å². The summed E-state index contributed by atoms with van der Waals surface area (Å²) in [6, 6.07) is 5.98. The van der Waals surface area contributed by atoms with Gasteiger partial charge < -0.3 is 15.5 Å². The monoisotopic (exact) mass is 221 g/mol. The van der Waals surface area contributed by atoms with Crippen LogP contribution in [-0.2, 0) is 9.59 Å². The van der Waals surface area contributed by atoms with E-state index in [1.807, 2.05) is 0 Å². The number of anilines is 1. The molecule has 0 unspecified atom stereocenters. The van der Waals surface area contributed by atoms with Crippen molar-refractivity contribution >= 4 is 17.6 Å². The van der Waals surface area contributed by atoms with Crippen LogP contribution in [0.3, 0.4) is 0 Å². The first-order valence-electron chi connectivity index (χ1n) is 4.50. The minimum atomic E-state index is -1.15. The summed E-state index contributed by atoms with van der Waals surface area (Å²) in [7, 11) is 0. The largest absolute Gasteiger partial charge is 0.508 e. The van der Waals surface area contributed by atoms with E-state index in [1.165, 1.54) is 19.1 Å². The molecule has 0 aliphatic rings. The number of phenolic OH excluding ortho intramolecular Hbond substituents is 1. The van der Waals surface area contributed by atoms with Gasteiger partial charge in [0.1, 0.15) is 5.75 Å². The SMILES string of the molecule is C/C(=C\C(=O)Nc1cccc(O)c1)C(=O)O. The molecule has 0 radical (unpaired) electrons. The summed E-state index contributed by atoms with van der Waals surface area (Å²) in [4.78, 5) is 21.8. The molecular formula is C11H11NO4. The van der Waals surface area contributed by atoms with E-state index in [4.69, 9.17) is 10.2 Å². The van der Waals surface area contributed by atoms with Gasteiger partial charge in [-0.05, 0) is 19.1 Å². The topological polar surface area (TPSA) is 86.6 Å². The fraction of sp³-hybridized carbons (Fsp3) is 0.0909. The van der Waals surface area contributed by atoms with Crippen molar-refractivity contribution in [3.05, 3.63) is 35.9 Å². The van der Waals surface area contributed by atoms with Crippen LogP contribution >= 0.6 is 0 Å². The number of carboxylic acids is 1. The van der Waals surface area contributed by atoms with Crippen molar-refractivity contribution < 1.29 is 19.8 Å². The lowest BCUT2D eigenvalue weighted by molar-refractivity contribution is -0.132. The van der Waals surface area contributed by atoms with E-state index in [9.17, 15) is 9.59 Å². The highest BCUT2D eigenvalue weighted by Gasteiger charge is 2.04. The van der Waals surface area contributed by atoms with Gasteiger partial charge in [-0.15, -0.1) is 0 Å². The van der Waals surface area contributed by atoms with Gasteiger partial charge in [0.2, 0.25) is 5.91 Å². The average Bonchev–Trinajstić information content (AvgIpc) is 2.16. The quantitative estimate of drug-likeness (QED) is 0.672. The summed E-state index contributed by atoms with van der Waals surface area (Å²) in [5, 5.41) is 20.1. The molecule has 1 aromatic carbocycles. The molecule has 0 bridgehead atoms. The number of carbonyl (C=O) groups is 2. The second-order valence-electron chi connectivity index (χ2n) is 3.17. The number of carboxylic acid groups (broad SMARTS) is 1. The number of carbonyl (C=O) groups excluding carboxylic acids is 1. The van der Waals surface area contributed by atoms with E-state index in [1.54, 1.807) is 12.1 Å². The van der Waals surface area contributed by atoms with Crippen LogP contribution in [0.1, 0.15) is 6.92 Å². The first kappa shape index (κ1) is 11.8. The Morgan fingerprint density at radius 3 is 2.62 bits per heavy atom. The molecule has 0 atom stereocenters. The Balaban J connectivity index is 2.72. The Morgan fingerprint density at radius 2 is 2.06 bits per heavy atom. The second-order valence-corrected chi connectivity index (χ2v) is 3.17. The number of phenols is 1. The molecule has 0 aromatic heterocycles. The van der Waals surface area contributed by atoms with E-state index in [0.717, 1.165) is 6.08 Å². The summed E-state index contributed by atoms with van der Waals surface area (Å²) >= 11 is 0. The predicted molar refractivity (Wildman–Crippen MR) is 58.1 cm³/mol. The van der Waals surface area contributed by atoms with Gasteiger partial charge in [0, 0.05) is 23.4 Å². The summed E-state index contributed by atoms with van der Waals surface area (Å²) in [6.07, 6.45) is 0.979. The van der Waals surface area contributed by atoms with Gasteiger partial charge >= 0.3 is 5.97 Å². The highest BCUT2D eigenvalue weighted by molar-refractivity contribution is 6.04. The van der Waals surface area contributed by atoms with Crippen LogP contribution in [0.15, 0.2) is 35.9 Å². The van der Waals surface area contributed by atoms with E-state index in [2.05, 4.69) is 5.32 Å². The number of hydrogen-bond donors (Lipinski definition) is 3. The zero-order valence-electron chi connectivity index (χ0n) is 8.60. The van der Waals surface area contributed by atoms with Crippen molar-refractivity contribution in [3.8, 4) is 5.75 Å². The molecule has 0 spiro atoms. The molecule has 1 aromatic rings. The van der Waals surface area contributed by atoms with Gasteiger partial charge in [0.15, 0.2) is 0 Å². The van der Waals surface area contributed by atoms with Crippen molar-refractivity contribution in [2.24, 2.45) is 0 Å². The standard InChI is InChI=1S/C11H11NO4/c1-7(11(15)16)5-10(14)12-8-3-2-4-9(13)6-8/h2-6,13H,1H3,(H,12,14)(H,15,16)/b7-5+. The lowest BCUT2D eigenvalue weighted by Gasteiger charge is -2.02. The zero-order chi connectivity index (χ0) is 12.1. The van der Waals surface area contributed by atoms with Gasteiger partial charge in [-0.25, -0.2) is 4.79 Å². The fourth-order valence-corrected chi connectivity index (χ4v) is 1.02. The molecule has 3 N–H and O–H groups in total. The molecule has 1 rings (SSSR count). The summed E-state index contributed by atoms with van der Waals surface area (Å²) in [5.41, 5.74) is 0.345. The third-order valence-corrected chi connectivity index (χ3v) is 1.80. The van der Waals surface area contributed by atoms with Crippen molar-refractivity contribution in [1.29, 1.82) is 0 Å². The second kappa shape index (κ2) is 4.97. The molecule has 5 heteroatoms. The maximum Gasteiger partial charge on any atom is 0.331 e. The van der Waals surface area contributed by atoms with Gasteiger partial charge in [-0.1, -0.05) is 6.07 Å². The summed E-state index contributed by atoms with van der Waals surface area (Å²) in [5.74, 6) is -1.67. The zero-order valence-corrected chi connectivity index (χ0v) is 8.60. The van der Waals surface area contributed by atoms with Crippen LogP contribution in [0.25, 0.3) is 0 Å². The molecule has 0 fully saturated rings. The normalized spacial score (nSPS) is 10.9. The van der Waals surface area contributed by atoms with E-state index in [-0.39, 0.29) is 11.3 Å². The highest BCUT2D eigenvalue weighted by atomic mass is 16.4. The first-order chi connectivity index (χ1) is 7.49. The van der Waals surface area contributed by atoms with Crippen LogP contribution in [0, 0.1) is 0 Å². The Morgan fingerprint density at radius 1 is 1.38 bits per heavy atom. The number of hydrogen-bond acceptors (Lipinski definition) is 3. The number of benzene rings is 1. The summed E-state index contributed by atoms with van der Waals surface area (Å²) < 4.78 is 0. The van der Waals surface area contributed by atoms with Crippen LogP contribution in [-0.4, -0.2) is 22.1 Å². The van der Waals surface area contributed by atoms with Crippen molar-refractivity contribution in [2.75, 3.05) is 5.32 Å². The minimum absolute atomic E-state index is 0.0248. The lowest BCUT2D eigenvalue weighted by Crippen LogP contribution is -2.10. The smallest absolute Gasteiger partial charge is 0.331 e. The molecule has 16 heavy (non-hydrogen) atoms. The Bertz CT molecular complexity index is 451. The van der Waals surface area contributed by atoms with Crippen LogP contribution in [0.2, 0.25) is 0 Å². The molecular weight excluding hydrogens is 210 g/mol. The summed E-state index contributed by atoms with van der Waals surface area (Å²) in [6.45, 7) is 1.32. The number of aliphatic carboxylic acids is 1. The molecule has 0 saturated heterocycles. The molecule has 1 amide bonds. The molecule has 0 aliphatic carbocycles. The maximum atomic E-state index is 11.3. The third kappa shape index (κ3) is 3.45. The maximum absolute atomic E-state index is 11.3. The Kier molecular flexibility index (Phi) is 3.66. The van der Waals surface area contributed by atoms with Crippen molar-refractivity contribution in [1.82, 2.24) is 0 Å². The number of aromatic hydroxyl groups is 1. The Hall–Kier alpha value is -2.30. The molecule has 0 aliphatic heterocycles. The molecule has 5 nitrogen and oxygen atoms in total. The van der Waals surface area contributed by atoms with Gasteiger partial charge in [-0.3, -0.25) is 4.79 Å². The van der Waals surface area contributed by atoms with Crippen molar-refractivity contribution in [2.45, 2.75) is 6.92 Å². The van der Waals surface area contributed by atoms with Gasteiger partial charge in [0.25, 0.3) is 0 Å². The van der Waals surface area contributed by atoms with E-state index < -0.39 is 11.9 Å². The third-order valence-electron chi connectivity index (χ3n) is 1.80.